The first-order chi connectivity index (χ1) is 7.45. The summed E-state index contributed by atoms with van der Waals surface area (Å²) in [7, 11) is 0. The van der Waals surface area contributed by atoms with Crippen molar-refractivity contribution in [3.05, 3.63) is 0 Å². The Balaban J connectivity index is 2.50. The largest absolute Gasteiger partial charge is 0.303 e. The van der Waals surface area contributed by atoms with E-state index in [2.05, 4.69) is 26.1 Å². The molecule has 1 N–H and O–H groups in total. The molecule has 1 saturated heterocycles. The van der Waals surface area contributed by atoms with Crippen LogP contribution < -0.4 is 5.32 Å². The summed E-state index contributed by atoms with van der Waals surface area (Å²) in [5, 5.41) is 3.24. The second-order valence-electron chi connectivity index (χ2n) is 4.93. The molecule has 2 unspecified atom stereocenters. The quantitative estimate of drug-likeness (QED) is 0.716. The molecule has 0 aromatic heterocycles. The van der Waals surface area contributed by atoms with Crippen molar-refractivity contribution < 1.29 is 9.59 Å². The average Bonchev–Trinajstić information content (AvgIpc) is 2.40. The molecule has 4 nitrogen and oxygen atoms in total. The van der Waals surface area contributed by atoms with Gasteiger partial charge in [0.05, 0.1) is 12.5 Å². The van der Waals surface area contributed by atoms with Crippen molar-refractivity contribution in [2.45, 2.75) is 52.6 Å². The lowest BCUT2D eigenvalue weighted by atomic mass is 10.0. The molecule has 0 bridgehead atoms. The Labute approximate surface area is 97.4 Å². The molecule has 0 aliphatic carbocycles. The van der Waals surface area contributed by atoms with E-state index in [1.807, 2.05) is 6.92 Å². The molecule has 0 aromatic rings. The van der Waals surface area contributed by atoms with Crippen LogP contribution >= 0.6 is 0 Å². The number of amides is 2. The molecular formula is C12H22N2O2. The first-order valence-electron chi connectivity index (χ1n) is 6.06. The second kappa shape index (κ2) is 5.43. The Morgan fingerprint density at radius 2 is 2.00 bits per heavy atom. The third-order valence-electron chi connectivity index (χ3n) is 2.87. The van der Waals surface area contributed by atoms with E-state index in [1.165, 1.54) is 4.90 Å². The van der Waals surface area contributed by atoms with Crippen LogP contribution in [0, 0.1) is 5.92 Å². The van der Waals surface area contributed by atoms with Gasteiger partial charge in [0.1, 0.15) is 0 Å². The van der Waals surface area contributed by atoms with E-state index in [0.717, 1.165) is 6.42 Å². The number of rotatable bonds is 5. The zero-order chi connectivity index (χ0) is 12.3. The van der Waals surface area contributed by atoms with Crippen molar-refractivity contribution in [3.63, 3.8) is 0 Å². The first-order valence-corrected chi connectivity index (χ1v) is 6.06. The molecule has 0 aromatic carbocycles. The van der Waals surface area contributed by atoms with E-state index in [9.17, 15) is 9.59 Å². The van der Waals surface area contributed by atoms with Gasteiger partial charge in [0.2, 0.25) is 11.8 Å². The van der Waals surface area contributed by atoms with Gasteiger partial charge >= 0.3 is 0 Å². The van der Waals surface area contributed by atoms with E-state index < -0.39 is 0 Å². The first kappa shape index (κ1) is 13.2. The zero-order valence-corrected chi connectivity index (χ0v) is 10.6. The van der Waals surface area contributed by atoms with Crippen molar-refractivity contribution >= 4 is 11.8 Å². The number of hydrogen-bond acceptors (Lipinski definition) is 3. The highest BCUT2D eigenvalue weighted by Crippen LogP contribution is 2.14. The fraction of sp³-hybridized carbons (Fsp3) is 0.833. The number of likely N-dealkylation sites (tertiary alicyclic amines) is 1. The highest BCUT2D eigenvalue weighted by molar-refractivity contribution is 6.05. The van der Waals surface area contributed by atoms with E-state index in [-0.39, 0.29) is 23.9 Å². The third-order valence-corrected chi connectivity index (χ3v) is 2.87. The molecule has 1 rings (SSSR count). The molecule has 1 fully saturated rings. The zero-order valence-electron chi connectivity index (χ0n) is 10.6. The molecule has 1 aliphatic heterocycles. The van der Waals surface area contributed by atoms with Crippen LogP contribution in [0.15, 0.2) is 0 Å². The maximum Gasteiger partial charge on any atom is 0.246 e. The molecule has 0 spiro atoms. The number of nitrogens with zero attached hydrogens (tertiary/aromatic N) is 1. The summed E-state index contributed by atoms with van der Waals surface area (Å²) in [5.74, 6) is 0.474. The van der Waals surface area contributed by atoms with Crippen molar-refractivity contribution in [3.8, 4) is 0 Å². The number of carbonyl (C=O) groups is 2. The van der Waals surface area contributed by atoms with E-state index in [4.69, 9.17) is 0 Å². The van der Waals surface area contributed by atoms with Crippen LogP contribution in [0.5, 0.6) is 0 Å². The molecular weight excluding hydrogens is 204 g/mol. The normalized spacial score (nSPS) is 23.3. The van der Waals surface area contributed by atoms with E-state index in [1.54, 1.807) is 0 Å². The fourth-order valence-corrected chi connectivity index (χ4v) is 2.26. The maximum atomic E-state index is 11.8. The maximum absolute atomic E-state index is 11.8. The van der Waals surface area contributed by atoms with Crippen LogP contribution in [0.1, 0.15) is 40.5 Å². The minimum absolute atomic E-state index is 0.0539. The van der Waals surface area contributed by atoms with Crippen LogP contribution in [-0.4, -0.2) is 35.3 Å². The lowest BCUT2D eigenvalue weighted by Crippen LogP contribution is -2.43. The van der Waals surface area contributed by atoms with Gasteiger partial charge in [-0.1, -0.05) is 13.8 Å². The van der Waals surface area contributed by atoms with Crippen LogP contribution in [0.2, 0.25) is 0 Å². The minimum atomic E-state index is -0.304. The summed E-state index contributed by atoms with van der Waals surface area (Å²) < 4.78 is 0. The second-order valence-corrected chi connectivity index (χ2v) is 4.93. The van der Waals surface area contributed by atoms with Gasteiger partial charge in [-0.25, -0.2) is 0 Å². The summed E-state index contributed by atoms with van der Waals surface area (Å²) in [6, 6.07) is -0.0280. The van der Waals surface area contributed by atoms with Crippen LogP contribution in [0.4, 0.5) is 0 Å². The number of hydrogen-bond donors (Lipinski definition) is 1. The average molecular weight is 226 g/mol. The number of likely N-dealkylation sites (N-methyl/N-ethyl adjacent to an activating group) is 1. The number of carbonyl (C=O) groups excluding carboxylic acids is 2. The van der Waals surface area contributed by atoms with E-state index in [0.29, 0.717) is 18.9 Å². The van der Waals surface area contributed by atoms with Gasteiger partial charge < -0.3 is 5.32 Å². The summed E-state index contributed by atoms with van der Waals surface area (Å²) >= 11 is 0. The van der Waals surface area contributed by atoms with Gasteiger partial charge in [-0.2, -0.15) is 0 Å². The highest BCUT2D eigenvalue weighted by atomic mass is 16.2. The molecule has 0 radical (unpaired) electrons. The van der Waals surface area contributed by atoms with Crippen molar-refractivity contribution in [1.29, 1.82) is 0 Å². The Hall–Kier alpha value is -0.900. The van der Waals surface area contributed by atoms with Gasteiger partial charge in [0.25, 0.3) is 0 Å². The standard InChI is InChI=1S/C12H22N2O2/c1-5-14-11(15)7-10(12(14)16)13-9(4)6-8(2)3/h8-10,13H,5-7H2,1-4H3. The van der Waals surface area contributed by atoms with Crippen LogP contribution in [0.25, 0.3) is 0 Å². The lowest BCUT2D eigenvalue weighted by Gasteiger charge is -2.19. The van der Waals surface area contributed by atoms with Crippen molar-refractivity contribution in [2.24, 2.45) is 5.92 Å². The molecule has 4 heteroatoms. The Bertz CT molecular complexity index is 276. The topological polar surface area (TPSA) is 49.4 Å². The molecule has 2 amide bonds. The summed E-state index contributed by atoms with van der Waals surface area (Å²) in [6.45, 7) is 8.67. The molecule has 0 saturated carbocycles. The van der Waals surface area contributed by atoms with Crippen LogP contribution in [0.3, 0.4) is 0 Å². The van der Waals surface area contributed by atoms with Gasteiger partial charge in [0, 0.05) is 12.6 Å². The fourth-order valence-electron chi connectivity index (χ4n) is 2.26. The Morgan fingerprint density at radius 1 is 1.38 bits per heavy atom. The highest BCUT2D eigenvalue weighted by Gasteiger charge is 2.37. The lowest BCUT2D eigenvalue weighted by molar-refractivity contribution is -0.138. The molecule has 2 atom stereocenters. The smallest absolute Gasteiger partial charge is 0.246 e. The van der Waals surface area contributed by atoms with E-state index >= 15 is 0 Å². The van der Waals surface area contributed by atoms with Gasteiger partial charge in [-0.05, 0) is 26.2 Å². The summed E-state index contributed by atoms with van der Waals surface area (Å²) in [5.41, 5.74) is 0. The predicted octanol–water partition coefficient (Wildman–Crippen LogP) is 1.16. The van der Waals surface area contributed by atoms with Crippen LogP contribution in [-0.2, 0) is 9.59 Å². The molecule has 92 valence electrons. The van der Waals surface area contributed by atoms with Gasteiger partial charge in [-0.15, -0.1) is 0 Å². The van der Waals surface area contributed by atoms with Crippen molar-refractivity contribution in [1.82, 2.24) is 10.2 Å². The van der Waals surface area contributed by atoms with Gasteiger partial charge in [0.15, 0.2) is 0 Å². The summed E-state index contributed by atoms with van der Waals surface area (Å²) in [4.78, 5) is 24.6. The van der Waals surface area contributed by atoms with Crippen molar-refractivity contribution in [2.75, 3.05) is 6.54 Å². The van der Waals surface area contributed by atoms with Gasteiger partial charge in [-0.3, -0.25) is 14.5 Å². The third kappa shape index (κ3) is 3.04. The number of nitrogens with one attached hydrogen (secondary N) is 1. The molecule has 16 heavy (non-hydrogen) atoms. The Morgan fingerprint density at radius 3 is 2.44 bits per heavy atom. The molecule has 1 aliphatic rings. The minimum Gasteiger partial charge on any atom is -0.303 e. The Kier molecular flexibility index (Phi) is 4.47. The summed E-state index contributed by atoms with van der Waals surface area (Å²) in [6.07, 6.45) is 1.33. The predicted molar refractivity (Wildman–Crippen MR) is 62.9 cm³/mol. The monoisotopic (exact) mass is 226 g/mol. The number of imide groups is 1. The SMILES string of the molecule is CCN1C(=O)CC(NC(C)CC(C)C)C1=O. The molecule has 1 heterocycles.